The van der Waals surface area contributed by atoms with Gasteiger partial charge in [0, 0.05) is 19.1 Å². The van der Waals surface area contributed by atoms with Crippen molar-refractivity contribution in [1.29, 1.82) is 0 Å². The van der Waals surface area contributed by atoms with Crippen molar-refractivity contribution < 1.29 is 0 Å². The molecule has 4 aliphatic rings. The normalized spacial score (nSPS) is 33.5. The summed E-state index contributed by atoms with van der Waals surface area (Å²) in [6, 6.07) is 0.893. The Bertz CT molecular complexity index is 279. The molecule has 1 heterocycles. The molecular formula is C16H28N2. The number of nitrogens with one attached hydrogen (secondary N) is 1. The van der Waals surface area contributed by atoms with Crippen LogP contribution in [0.3, 0.4) is 0 Å². The highest BCUT2D eigenvalue weighted by Crippen LogP contribution is 2.49. The minimum atomic E-state index is 0.893. The summed E-state index contributed by atoms with van der Waals surface area (Å²) >= 11 is 0. The molecule has 2 heteroatoms. The molecule has 0 bridgehead atoms. The van der Waals surface area contributed by atoms with Gasteiger partial charge in [0.1, 0.15) is 0 Å². The van der Waals surface area contributed by atoms with Crippen LogP contribution in [0, 0.1) is 23.7 Å². The van der Waals surface area contributed by atoms with Crippen LogP contribution in [0.4, 0.5) is 0 Å². The van der Waals surface area contributed by atoms with Crippen molar-refractivity contribution in [3.8, 4) is 0 Å². The molecule has 2 nitrogen and oxygen atoms in total. The summed E-state index contributed by atoms with van der Waals surface area (Å²) in [6.45, 7) is 5.50. The molecular weight excluding hydrogens is 220 g/mol. The van der Waals surface area contributed by atoms with Gasteiger partial charge >= 0.3 is 0 Å². The van der Waals surface area contributed by atoms with Crippen LogP contribution in [0.5, 0.6) is 0 Å². The van der Waals surface area contributed by atoms with Gasteiger partial charge in [0.05, 0.1) is 0 Å². The molecule has 102 valence electrons. The summed E-state index contributed by atoms with van der Waals surface area (Å²) in [4.78, 5) is 2.79. The summed E-state index contributed by atoms with van der Waals surface area (Å²) in [7, 11) is 0. The smallest absolute Gasteiger partial charge is 0.00683 e. The van der Waals surface area contributed by atoms with E-state index in [-0.39, 0.29) is 0 Å². The van der Waals surface area contributed by atoms with Gasteiger partial charge in [0.2, 0.25) is 0 Å². The molecule has 0 aromatic rings. The lowest BCUT2D eigenvalue weighted by Crippen LogP contribution is -2.31. The van der Waals surface area contributed by atoms with Crippen LogP contribution < -0.4 is 5.32 Å². The Morgan fingerprint density at radius 3 is 2.28 bits per heavy atom. The van der Waals surface area contributed by atoms with E-state index in [1.54, 1.807) is 25.7 Å². The topological polar surface area (TPSA) is 15.3 Å². The molecule has 1 N–H and O–H groups in total. The van der Waals surface area contributed by atoms with Gasteiger partial charge in [-0.1, -0.05) is 0 Å². The Kier molecular flexibility index (Phi) is 3.12. The molecule has 0 amide bonds. The fourth-order valence-electron chi connectivity index (χ4n) is 3.90. The zero-order valence-corrected chi connectivity index (χ0v) is 11.6. The maximum Gasteiger partial charge on any atom is 0.00683 e. The van der Waals surface area contributed by atoms with Crippen LogP contribution >= 0.6 is 0 Å². The van der Waals surface area contributed by atoms with E-state index in [2.05, 4.69) is 10.2 Å². The van der Waals surface area contributed by atoms with Crippen LogP contribution in [0.2, 0.25) is 0 Å². The number of hydrogen-bond acceptors (Lipinski definition) is 2. The van der Waals surface area contributed by atoms with E-state index in [0.717, 1.165) is 29.7 Å². The molecule has 3 aliphatic carbocycles. The highest BCUT2D eigenvalue weighted by Gasteiger charge is 2.42. The second kappa shape index (κ2) is 4.79. The minimum Gasteiger partial charge on any atom is -0.314 e. The van der Waals surface area contributed by atoms with Crippen molar-refractivity contribution in [3.63, 3.8) is 0 Å². The molecule has 1 aliphatic heterocycles. The summed E-state index contributed by atoms with van der Waals surface area (Å²) in [6.07, 6.45) is 10.5. The SMILES string of the molecule is C1CN(CC(C2CC2)C2CC2)CC1CNC1CC1. The predicted octanol–water partition coefficient (Wildman–Crippen LogP) is 2.50. The third kappa shape index (κ3) is 2.91. The van der Waals surface area contributed by atoms with E-state index < -0.39 is 0 Å². The van der Waals surface area contributed by atoms with Crippen molar-refractivity contribution in [2.24, 2.45) is 23.7 Å². The molecule has 18 heavy (non-hydrogen) atoms. The largest absolute Gasteiger partial charge is 0.314 e. The van der Waals surface area contributed by atoms with Crippen molar-refractivity contribution in [1.82, 2.24) is 10.2 Å². The van der Waals surface area contributed by atoms with E-state index in [1.165, 1.54) is 45.4 Å². The third-order valence-electron chi connectivity index (χ3n) is 5.57. The van der Waals surface area contributed by atoms with Crippen LogP contribution in [-0.4, -0.2) is 37.1 Å². The van der Waals surface area contributed by atoms with Gasteiger partial charge in [-0.05, 0) is 81.7 Å². The van der Waals surface area contributed by atoms with E-state index in [9.17, 15) is 0 Å². The molecule has 1 atom stereocenters. The Hall–Kier alpha value is -0.0800. The van der Waals surface area contributed by atoms with Crippen LogP contribution in [-0.2, 0) is 0 Å². The summed E-state index contributed by atoms with van der Waals surface area (Å²) < 4.78 is 0. The number of nitrogens with zero attached hydrogens (tertiary/aromatic N) is 1. The Morgan fingerprint density at radius 2 is 1.67 bits per heavy atom. The fraction of sp³-hybridized carbons (Fsp3) is 1.00. The molecule has 1 saturated heterocycles. The lowest BCUT2D eigenvalue weighted by Gasteiger charge is -2.23. The molecule has 3 saturated carbocycles. The Labute approximate surface area is 111 Å². The average Bonchev–Trinajstić information content (AvgIpc) is 3.24. The highest BCUT2D eigenvalue weighted by molar-refractivity contribution is 4.94. The monoisotopic (exact) mass is 248 g/mol. The zero-order valence-electron chi connectivity index (χ0n) is 11.6. The first kappa shape index (κ1) is 11.7. The maximum absolute atomic E-state index is 3.72. The summed E-state index contributed by atoms with van der Waals surface area (Å²) in [5.74, 6) is 4.28. The first-order chi connectivity index (χ1) is 8.88. The van der Waals surface area contributed by atoms with E-state index in [4.69, 9.17) is 0 Å². The van der Waals surface area contributed by atoms with Gasteiger partial charge < -0.3 is 10.2 Å². The quantitative estimate of drug-likeness (QED) is 0.745. The van der Waals surface area contributed by atoms with Crippen molar-refractivity contribution in [3.05, 3.63) is 0 Å². The standard InChI is InChI=1S/C16H28N2/c1-2-13(1)16(14-3-4-14)11-18-8-7-12(10-18)9-17-15-5-6-15/h12-17H,1-11H2. The maximum atomic E-state index is 3.72. The van der Waals surface area contributed by atoms with Crippen molar-refractivity contribution >= 4 is 0 Å². The van der Waals surface area contributed by atoms with Crippen molar-refractivity contribution in [2.45, 2.75) is 51.0 Å². The van der Waals surface area contributed by atoms with Gasteiger partial charge in [0.25, 0.3) is 0 Å². The first-order valence-electron chi connectivity index (χ1n) is 8.34. The molecule has 0 radical (unpaired) electrons. The van der Waals surface area contributed by atoms with E-state index in [0.29, 0.717) is 0 Å². The Morgan fingerprint density at radius 1 is 0.944 bits per heavy atom. The molecule has 4 rings (SSSR count). The van der Waals surface area contributed by atoms with Crippen molar-refractivity contribution in [2.75, 3.05) is 26.2 Å². The lowest BCUT2D eigenvalue weighted by atomic mass is 9.97. The first-order valence-corrected chi connectivity index (χ1v) is 8.34. The minimum absolute atomic E-state index is 0.893. The molecule has 0 spiro atoms. The summed E-state index contributed by atoms with van der Waals surface area (Å²) in [5, 5.41) is 3.72. The number of hydrogen-bond donors (Lipinski definition) is 1. The van der Waals surface area contributed by atoms with Gasteiger partial charge in [0.15, 0.2) is 0 Å². The third-order valence-corrected chi connectivity index (χ3v) is 5.57. The van der Waals surface area contributed by atoms with Crippen LogP contribution in [0.1, 0.15) is 44.9 Å². The van der Waals surface area contributed by atoms with E-state index >= 15 is 0 Å². The summed E-state index contributed by atoms with van der Waals surface area (Å²) in [5.41, 5.74) is 0. The number of likely N-dealkylation sites (tertiary alicyclic amines) is 1. The fourth-order valence-corrected chi connectivity index (χ4v) is 3.90. The Balaban J connectivity index is 1.22. The molecule has 1 unspecified atom stereocenters. The van der Waals surface area contributed by atoms with Gasteiger partial charge in [-0.15, -0.1) is 0 Å². The van der Waals surface area contributed by atoms with E-state index in [1.807, 2.05) is 0 Å². The lowest BCUT2D eigenvalue weighted by molar-refractivity contribution is 0.232. The van der Waals surface area contributed by atoms with Crippen LogP contribution in [0.15, 0.2) is 0 Å². The van der Waals surface area contributed by atoms with Gasteiger partial charge in [-0.3, -0.25) is 0 Å². The average molecular weight is 248 g/mol. The zero-order chi connectivity index (χ0) is 11.9. The van der Waals surface area contributed by atoms with Gasteiger partial charge in [-0.2, -0.15) is 0 Å². The molecule has 4 fully saturated rings. The predicted molar refractivity (Wildman–Crippen MR) is 74.5 cm³/mol. The molecule has 0 aromatic heterocycles. The molecule has 0 aromatic carbocycles. The number of rotatable bonds is 7. The second-order valence-corrected chi connectivity index (χ2v) is 7.44. The van der Waals surface area contributed by atoms with Crippen LogP contribution in [0.25, 0.3) is 0 Å². The van der Waals surface area contributed by atoms with Gasteiger partial charge in [-0.25, -0.2) is 0 Å². The highest BCUT2D eigenvalue weighted by atomic mass is 15.2. The second-order valence-electron chi connectivity index (χ2n) is 7.44.